The molecule has 0 aromatic heterocycles. The summed E-state index contributed by atoms with van der Waals surface area (Å²) in [6.45, 7) is 0. The molecular formula is C27H14F5NO6. The fraction of sp³-hybridized carbons (Fsp3) is 0.0741. The lowest BCUT2D eigenvalue weighted by Crippen LogP contribution is -2.32. The number of aliphatic hydroxyl groups excluding tert-OH is 1. The molecule has 1 spiro atoms. The molecule has 0 saturated carbocycles. The van der Waals surface area contributed by atoms with E-state index in [4.69, 9.17) is 9.47 Å². The van der Waals surface area contributed by atoms with Crippen molar-refractivity contribution in [1.82, 2.24) is 0 Å². The summed E-state index contributed by atoms with van der Waals surface area (Å²) in [6.07, 6.45) is -1.62. The zero-order valence-corrected chi connectivity index (χ0v) is 19.2. The van der Waals surface area contributed by atoms with Crippen LogP contribution in [0.2, 0.25) is 0 Å². The number of amides is 1. The minimum atomic E-state index is -2.40. The van der Waals surface area contributed by atoms with Crippen molar-refractivity contribution in [1.29, 1.82) is 0 Å². The molecule has 39 heavy (non-hydrogen) atoms. The van der Waals surface area contributed by atoms with Gasteiger partial charge in [-0.2, -0.15) is 0 Å². The zero-order chi connectivity index (χ0) is 27.8. The third-order valence-electron chi connectivity index (χ3n) is 6.59. The average molecular weight is 543 g/mol. The highest BCUT2D eigenvalue weighted by molar-refractivity contribution is 6.04. The second-order valence-corrected chi connectivity index (χ2v) is 8.82. The monoisotopic (exact) mass is 543 g/mol. The first-order chi connectivity index (χ1) is 18.5. The van der Waals surface area contributed by atoms with E-state index in [-0.39, 0.29) is 34.2 Å². The van der Waals surface area contributed by atoms with E-state index in [0.29, 0.717) is 16.7 Å². The second kappa shape index (κ2) is 8.41. The summed E-state index contributed by atoms with van der Waals surface area (Å²) in [5.41, 5.74) is -2.11. The van der Waals surface area contributed by atoms with Crippen LogP contribution in [0.5, 0.6) is 23.0 Å². The van der Waals surface area contributed by atoms with E-state index in [2.05, 4.69) is 5.32 Å². The molecule has 4 aromatic carbocycles. The van der Waals surface area contributed by atoms with E-state index >= 15 is 0 Å². The Kier molecular flexibility index (Phi) is 5.32. The van der Waals surface area contributed by atoms with Gasteiger partial charge >= 0.3 is 0 Å². The summed E-state index contributed by atoms with van der Waals surface area (Å²) < 4.78 is 80.7. The van der Waals surface area contributed by atoms with Gasteiger partial charge in [-0.05, 0) is 36.4 Å². The van der Waals surface area contributed by atoms with E-state index in [1.54, 1.807) is 0 Å². The van der Waals surface area contributed by atoms with Crippen molar-refractivity contribution in [3.8, 4) is 23.0 Å². The predicted molar refractivity (Wildman–Crippen MR) is 123 cm³/mol. The molecule has 0 radical (unpaired) electrons. The Morgan fingerprint density at radius 2 is 1.26 bits per heavy atom. The highest BCUT2D eigenvalue weighted by Crippen LogP contribution is 2.59. The number of halogens is 5. The summed E-state index contributed by atoms with van der Waals surface area (Å²) in [5.74, 6) is -13.1. The number of ether oxygens (including phenoxy) is 2. The molecule has 0 saturated heterocycles. The fourth-order valence-corrected chi connectivity index (χ4v) is 4.91. The third kappa shape index (κ3) is 3.45. The summed E-state index contributed by atoms with van der Waals surface area (Å²) in [5, 5.41) is 32.9. The van der Waals surface area contributed by atoms with Gasteiger partial charge in [-0.1, -0.05) is 6.07 Å². The minimum absolute atomic E-state index is 0.102. The Bertz CT molecular complexity index is 1650. The molecule has 2 heterocycles. The van der Waals surface area contributed by atoms with Crippen molar-refractivity contribution in [3.63, 3.8) is 0 Å². The van der Waals surface area contributed by atoms with Gasteiger partial charge in [-0.25, -0.2) is 22.0 Å². The second-order valence-electron chi connectivity index (χ2n) is 8.82. The zero-order valence-electron chi connectivity index (χ0n) is 19.2. The van der Waals surface area contributed by atoms with Crippen molar-refractivity contribution >= 4 is 11.6 Å². The van der Waals surface area contributed by atoms with Gasteiger partial charge in [-0.15, -0.1) is 0 Å². The highest BCUT2D eigenvalue weighted by atomic mass is 19.2. The topological polar surface area (TPSA) is 108 Å². The molecule has 2 aliphatic rings. The predicted octanol–water partition coefficient (Wildman–Crippen LogP) is 5.46. The van der Waals surface area contributed by atoms with Crippen LogP contribution in [0.3, 0.4) is 0 Å². The lowest BCUT2D eigenvalue weighted by molar-refractivity contribution is -0.142. The Hall–Kier alpha value is -4.68. The van der Waals surface area contributed by atoms with Crippen molar-refractivity contribution < 1.29 is 51.5 Å². The lowest BCUT2D eigenvalue weighted by atomic mass is 9.77. The van der Waals surface area contributed by atoms with Crippen LogP contribution in [0.15, 0.2) is 54.6 Å². The van der Waals surface area contributed by atoms with Crippen molar-refractivity contribution in [3.05, 3.63) is 112 Å². The van der Waals surface area contributed by atoms with Crippen LogP contribution in [0.4, 0.5) is 27.6 Å². The third-order valence-corrected chi connectivity index (χ3v) is 6.59. The first-order valence-corrected chi connectivity index (χ1v) is 11.2. The van der Waals surface area contributed by atoms with E-state index in [1.807, 2.05) is 0 Å². The fourth-order valence-electron chi connectivity index (χ4n) is 4.91. The number of carbonyl (C=O) groups excluding carboxylic acids is 1. The largest absolute Gasteiger partial charge is 0.508 e. The molecule has 7 nitrogen and oxygen atoms in total. The minimum Gasteiger partial charge on any atom is -0.508 e. The van der Waals surface area contributed by atoms with Crippen LogP contribution in [0, 0.1) is 29.1 Å². The molecule has 4 N–H and O–H groups in total. The van der Waals surface area contributed by atoms with Gasteiger partial charge in [0.25, 0.3) is 5.91 Å². The maximum Gasteiger partial charge on any atom is 0.261 e. The molecule has 0 fully saturated rings. The number of hydrogen-bond acceptors (Lipinski definition) is 6. The van der Waals surface area contributed by atoms with E-state index < -0.39 is 52.4 Å². The van der Waals surface area contributed by atoms with Crippen LogP contribution in [0.25, 0.3) is 0 Å². The number of nitrogens with one attached hydrogen (secondary N) is 1. The number of phenolic OH excluding ortho intramolecular Hbond substituents is 2. The number of aromatic hydroxyl groups is 2. The number of carbonyl (C=O) groups is 1. The molecule has 4 aromatic rings. The molecule has 0 aliphatic carbocycles. The van der Waals surface area contributed by atoms with E-state index in [0.717, 1.165) is 0 Å². The number of phenols is 2. The summed E-state index contributed by atoms with van der Waals surface area (Å²) >= 11 is 0. The number of benzene rings is 4. The van der Waals surface area contributed by atoms with Gasteiger partial charge in [0, 0.05) is 40.1 Å². The van der Waals surface area contributed by atoms with Gasteiger partial charge in [0.2, 0.25) is 5.82 Å². The summed E-state index contributed by atoms with van der Waals surface area (Å²) in [4.78, 5) is 12.5. The molecule has 0 bridgehead atoms. The lowest BCUT2D eigenvalue weighted by Gasteiger charge is -2.37. The Labute approximate surface area is 215 Å². The van der Waals surface area contributed by atoms with Gasteiger partial charge in [-0.3, -0.25) is 4.79 Å². The SMILES string of the molecule is O=C(Nc1ccc2c(c1)[C@H](O)OC21c2ccc(O)cc2Oc2cc(O)ccc21)c1c(F)c(F)c(F)c(F)c1F. The maximum absolute atomic E-state index is 14.1. The first kappa shape index (κ1) is 24.6. The highest BCUT2D eigenvalue weighted by Gasteiger charge is 2.52. The van der Waals surface area contributed by atoms with Crippen LogP contribution in [0.1, 0.15) is 38.9 Å². The standard InChI is InChI=1S/C27H14F5NO6/c28-20-19(21(29)23(31)24(32)22(20)30)25(36)33-10-1-4-14-13(7-10)26(37)39-27(14)15-5-2-11(34)8-17(15)38-18-9-12(35)3-6-16(18)27/h1-9,26,34-35,37H,(H,33,36)/t26-/m1/s1. The molecule has 198 valence electrons. The maximum atomic E-state index is 14.1. The van der Waals surface area contributed by atoms with E-state index in [1.165, 1.54) is 54.6 Å². The molecule has 12 heteroatoms. The molecule has 1 amide bonds. The van der Waals surface area contributed by atoms with Crippen LogP contribution < -0.4 is 10.1 Å². The number of aliphatic hydroxyl groups is 1. The Morgan fingerprint density at radius 1 is 0.744 bits per heavy atom. The van der Waals surface area contributed by atoms with Crippen molar-refractivity contribution in [2.24, 2.45) is 0 Å². The summed E-state index contributed by atoms with van der Waals surface area (Å²) in [6, 6.07) is 12.3. The van der Waals surface area contributed by atoms with Gasteiger partial charge in [0.1, 0.15) is 28.6 Å². The quantitative estimate of drug-likeness (QED) is 0.152. The molecular weight excluding hydrogens is 529 g/mol. The number of anilines is 1. The van der Waals surface area contributed by atoms with Gasteiger partial charge in [0.05, 0.1) is 0 Å². The Morgan fingerprint density at radius 3 is 1.82 bits per heavy atom. The van der Waals surface area contributed by atoms with Crippen LogP contribution in [-0.4, -0.2) is 21.2 Å². The number of rotatable bonds is 2. The summed E-state index contributed by atoms with van der Waals surface area (Å²) in [7, 11) is 0. The van der Waals surface area contributed by atoms with E-state index in [9.17, 15) is 42.1 Å². The van der Waals surface area contributed by atoms with Crippen molar-refractivity contribution in [2.45, 2.75) is 11.9 Å². The normalized spacial score (nSPS) is 16.3. The first-order valence-electron chi connectivity index (χ1n) is 11.2. The molecule has 2 aliphatic heterocycles. The molecule has 0 unspecified atom stereocenters. The van der Waals surface area contributed by atoms with Gasteiger partial charge in [0.15, 0.2) is 35.2 Å². The van der Waals surface area contributed by atoms with Crippen LogP contribution >= 0.6 is 0 Å². The Balaban J connectivity index is 1.46. The van der Waals surface area contributed by atoms with Gasteiger partial charge < -0.3 is 30.1 Å². The smallest absolute Gasteiger partial charge is 0.261 e. The molecule has 6 rings (SSSR count). The number of hydrogen-bond donors (Lipinski definition) is 4. The molecule has 1 atom stereocenters. The number of fused-ring (bicyclic) bond motifs is 6. The van der Waals surface area contributed by atoms with Crippen molar-refractivity contribution in [2.75, 3.05) is 5.32 Å². The average Bonchev–Trinajstić information content (AvgIpc) is 3.18. The van der Waals surface area contributed by atoms with Crippen LogP contribution in [-0.2, 0) is 10.3 Å².